The van der Waals surface area contributed by atoms with E-state index in [4.69, 9.17) is 14.7 Å². The Hall–Kier alpha value is -4.77. The van der Waals surface area contributed by atoms with Crippen LogP contribution < -0.4 is 14.4 Å². The zero-order valence-electron chi connectivity index (χ0n) is 17.1. The Morgan fingerprint density at radius 3 is 2.36 bits per heavy atom. The fourth-order valence-corrected chi connectivity index (χ4v) is 3.97. The molecule has 1 amide bonds. The Labute approximate surface area is 188 Å². The number of carbonyl (C=O) groups is 2. The zero-order valence-corrected chi connectivity index (χ0v) is 17.1. The maximum Gasteiger partial charge on any atom is 0.300 e. The van der Waals surface area contributed by atoms with Crippen molar-refractivity contribution in [2.75, 3.05) is 11.7 Å². The first-order valence-electron chi connectivity index (χ1n) is 9.98. The molecule has 1 saturated heterocycles. The molecule has 1 unspecified atom stereocenters. The number of phenolic OH excluding ortho intramolecular Hbond substituents is 1. The van der Waals surface area contributed by atoms with Crippen LogP contribution in [-0.2, 0) is 9.59 Å². The van der Waals surface area contributed by atoms with E-state index >= 15 is 0 Å². The van der Waals surface area contributed by atoms with Gasteiger partial charge in [0.1, 0.15) is 11.5 Å². The molecule has 0 bridgehead atoms. The molecule has 33 heavy (non-hydrogen) atoms. The van der Waals surface area contributed by atoms with Crippen molar-refractivity contribution in [3.8, 4) is 23.3 Å². The van der Waals surface area contributed by atoms with E-state index in [1.165, 1.54) is 17.0 Å². The molecule has 1 fully saturated rings. The lowest BCUT2D eigenvalue weighted by molar-refractivity contribution is -0.132. The number of fused-ring (bicyclic) bond motifs is 1. The van der Waals surface area contributed by atoms with Gasteiger partial charge in [-0.05, 0) is 60.2 Å². The molecular formula is C25H16N2O6. The first kappa shape index (κ1) is 20.2. The summed E-state index contributed by atoms with van der Waals surface area (Å²) in [5.74, 6) is -1.08. The maximum atomic E-state index is 13.1. The van der Waals surface area contributed by atoms with E-state index in [-0.39, 0.29) is 23.9 Å². The van der Waals surface area contributed by atoms with Crippen molar-refractivity contribution < 1.29 is 29.3 Å². The number of aromatic hydroxyl groups is 1. The molecule has 5 rings (SSSR count). The molecule has 0 saturated carbocycles. The minimum atomic E-state index is -0.955. The van der Waals surface area contributed by atoms with E-state index in [1.54, 1.807) is 54.6 Å². The molecule has 162 valence electrons. The molecule has 1 atom stereocenters. The van der Waals surface area contributed by atoms with E-state index in [2.05, 4.69) is 0 Å². The summed E-state index contributed by atoms with van der Waals surface area (Å²) in [5.41, 5.74) is 1.49. The first-order valence-corrected chi connectivity index (χ1v) is 9.98. The lowest BCUT2D eigenvalue weighted by Crippen LogP contribution is -2.29. The van der Waals surface area contributed by atoms with Crippen LogP contribution in [0.1, 0.15) is 22.7 Å². The van der Waals surface area contributed by atoms with Gasteiger partial charge in [0.15, 0.2) is 11.5 Å². The topological polar surface area (TPSA) is 120 Å². The molecule has 3 aromatic rings. The number of ketones is 1. The Morgan fingerprint density at radius 1 is 0.970 bits per heavy atom. The number of ether oxygens (including phenoxy) is 2. The summed E-state index contributed by atoms with van der Waals surface area (Å²) in [7, 11) is 0. The van der Waals surface area contributed by atoms with Gasteiger partial charge >= 0.3 is 0 Å². The number of nitriles is 1. The lowest BCUT2D eigenvalue weighted by Gasteiger charge is -2.25. The predicted octanol–water partition coefficient (Wildman–Crippen LogP) is 3.62. The third-order valence-electron chi connectivity index (χ3n) is 5.57. The molecule has 3 aromatic carbocycles. The Kier molecular flexibility index (Phi) is 4.72. The van der Waals surface area contributed by atoms with Crippen LogP contribution in [0.15, 0.2) is 72.3 Å². The number of phenols is 1. The van der Waals surface area contributed by atoms with Crippen LogP contribution in [0.3, 0.4) is 0 Å². The second-order valence-electron chi connectivity index (χ2n) is 7.49. The van der Waals surface area contributed by atoms with Crippen LogP contribution in [-0.4, -0.2) is 28.7 Å². The van der Waals surface area contributed by atoms with Gasteiger partial charge in [-0.25, -0.2) is 0 Å². The molecule has 0 aliphatic carbocycles. The van der Waals surface area contributed by atoms with Crippen molar-refractivity contribution >= 4 is 23.1 Å². The molecule has 2 N–H and O–H groups in total. The van der Waals surface area contributed by atoms with Crippen LogP contribution in [0.4, 0.5) is 5.69 Å². The fraction of sp³-hybridized carbons (Fsp3) is 0.0800. The van der Waals surface area contributed by atoms with Gasteiger partial charge < -0.3 is 19.7 Å². The van der Waals surface area contributed by atoms with Crippen LogP contribution in [0.25, 0.3) is 5.76 Å². The highest BCUT2D eigenvalue weighted by atomic mass is 16.7. The minimum Gasteiger partial charge on any atom is -0.508 e. The Balaban J connectivity index is 1.69. The summed E-state index contributed by atoms with van der Waals surface area (Å²) < 4.78 is 10.7. The number of aliphatic hydroxyl groups is 1. The largest absolute Gasteiger partial charge is 0.508 e. The molecule has 0 spiro atoms. The highest BCUT2D eigenvalue weighted by Gasteiger charge is 2.47. The summed E-state index contributed by atoms with van der Waals surface area (Å²) in [5, 5.41) is 30.0. The number of Topliss-reactive ketones (excluding diaryl/α,β-unsaturated/α-hetero) is 1. The average Bonchev–Trinajstić information content (AvgIpc) is 3.41. The molecule has 2 heterocycles. The van der Waals surface area contributed by atoms with E-state index in [0.717, 1.165) is 0 Å². The van der Waals surface area contributed by atoms with Crippen LogP contribution in [0.5, 0.6) is 17.2 Å². The normalized spacial score (nSPS) is 18.4. The van der Waals surface area contributed by atoms with Gasteiger partial charge in [-0.3, -0.25) is 14.5 Å². The summed E-state index contributed by atoms with van der Waals surface area (Å²) in [4.78, 5) is 27.5. The number of nitrogens with zero attached hydrogens (tertiary/aromatic N) is 2. The SMILES string of the molecule is N#Cc1ccc(N2C(=O)C(=O)/C(=C(\O)c3ccc4c(c3)OCO4)C2c2ccc(O)cc2)cc1. The molecule has 0 radical (unpaired) electrons. The van der Waals surface area contributed by atoms with Gasteiger partial charge in [0, 0.05) is 11.3 Å². The summed E-state index contributed by atoms with van der Waals surface area (Å²) in [6.45, 7) is 0.0517. The van der Waals surface area contributed by atoms with Crippen molar-refractivity contribution in [3.63, 3.8) is 0 Å². The van der Waals surface area contributed by atoms with E-state index < -0.39 is 17.7 Å². The quantitative estimate of drug-likeness (QED) is 0.363. The number of hydrogen-bond acceptors (Lipinski definition) is 7. The highest BCUT2D eigenvalue weighted by molar-refractivity contribution is 6.51. The monoisotopic (exact) mass is 440 g/mol. The predicted molar refractivity (Wildman–Crippen MR) is 117 cm³/mol. The average molecular weight is 440 g/mol. The van der Waals surface area contributed by atoms with Gasteiger partial charge in [-0.1, -0.05) is 12.1 Å². The van der Waals surface area contributed by atoms with Gasteiger partial charge in [-0.15, -0.1) is 0 Å². The van der Waals surface area contributed by atoms with Crippen LogP contribution in [0, 0.1) is 11.3 Å². The van der Waals surface area contributed by atoms with Gasteiger partial charge in [0.25, 0.3) is 11.7 Å². The minimum absolute atomic E-state index is 0.0184. The van der Waals surface area contributed by atoms with Crippen molar-refractivity contribution in [1.82, 2.24) is 0 Å². The van der Waals surface area contributed by atoms with Gasteiger partial charge in [0.05, 0.1) is 23.2 Å². The number of benzene rings is 3. The van der Waals surface area contributed by atoms with Gasteiger partial charge in [-0.2, -0.15) is 5.26 Å². The van der Waals surface area contributed by atoms with Crippen molar-refractivity contribution in [1.29, 1.82) is 5.26 Å². The second kappa shape index (κ2) is 7.73. The smallest absolute Gasteiger partial charge is 0.300 e. The standard InChI is InChI=1S/C25H16N2O6/c26-12-14-1-6-17(7-2-14)27-22(15-3-8-18(28)9-4-15)21(24(30)25(27)31)23(29)16-5-10-19-20(11-16)33-13-32-19/h1-11,22,28-29H,13H2/b23-21-. The Bertz CT molecular complexity index is 1350. The van der Waals surface area contributed by atoms with Crippen LogP contribution >= 0.6 is 0 Å². The van der Waals surface area contributed by atoms with Crippen molar-refractivity contribution in [2.24, 2.45) is 0 Å². The molecule has 2 aliphatic rings. The van der Waals surface area contributed by atoms with E-state index in [9.17, 15) is 19.8 Å². The number of anilines is 1. The van der Waals surface area contributed by atoms with E-state index in [0.29, 0.717) is 33.9 Å². The van der Waals surface area contributed by atoms with E-state index in [1.807, 2.05) is 6.07 Å². The zero-order chi connectivity index (χ0) is 23.1. The lowest BCUT2D eigenvalue weighted by atomic mass is 9.95. The maximum absolute atomic E-state index is 13.1. The summed E-state index contributed by atoms with van der Waals surface area (Å²) >= 11 is 0. The second-order valence-corrected chi connectivity index (χ2v) is 7.49. The molecular weight excluding hydrogens is 424 g/mol. The van der Waals surface area contributed by atoms with Crippen molar-refractivity contribution in [3.05, 3.63) is 89.0 Å². The molecule has 2 aliphatic heterocycles. The number of hydrogen-bond donors (Lipinski definition) is 2. The third-order valence-corrected chi connectivity index (χ3v) is 5.57. The number of amides is 1. The summed E-state index contributed by atoms with van der Waals surface area (Å²) in [6.07, 6.45) is 0. The molecule has 0 aromatic heterocycles. The summed E-state index contributed by atoms with van der Waals surface area (Å²) in [6, 6.07) is 18.0. The number of rotatable bonds is 3. The number of aliphatic hydroxyl groups excluding tert-OH is 1. The molecule has 8 heteroatoms. The van der Waals surface area contributed by atoms with Crippen LogP contribution in [0.2, 0.25) is 0 Å². The van der Waals surface area contributed by atoms with Gasteiger partial charge in [0.2, 0.25) is 6.79 Å². The van der Waals surface area contributed by atoms with Crippen molar-refractivity contribution in [2.45, 2.75) is 6.04 Å². The molecule has 8 nitrogen and oxygen atoms in total. The Morgan fingerprint density at radius 2 is 1.67 bits per heavy atom. The number of carbonyl (C=O) groups excluding carboxylic acids is 2. The highest BCUT2D eigenvalue weighted by Crippen LogP contribution is 2.43. The fourth-order valence-electron chi connectivity index (χ4n) is 3.97. The third kappa shape index (κ3) is 3.32. The first-order chi connectivity index (χ1) is 16.0.